The van der Waals surface area contributed by atoms with Gasteiger partial charge in [0.25, 0.3) is 11.8 Å². The Morgan fingerprint density at radius 2 is 1.24 bits per heavy atom. The summed E-state index contributed by atoms with van der Waals surface area (Å²) in [4.78, 5) is 28.6. The molecule has 2 heterocycles. The third kappa shape index (κ3) is 3.71. The quantitative estimate of drug-likeness (QED) is 0.290. The standard InChI is InChI=1S/C26H22NO4S2/c28-25-19-11-3-4-12-20(19)26(29)27(25)17-9-1-2-10-18-32-21-13-5-7-15-23(21)33(30,31)24-16-8-6-14-22(24)32/h3-8,10-16,18H,1-2,9,17H2/q+1/b18-10+. The number of rotatable bonds is 6. The van der Waals surface area contributed by atoms with E-state index in [-0.39, 0.29) is 11.8 Å². The van der Waals surface area contributed by atoms with Gasteiger partial charge < -0.3 is 0 Å². The first-order valence-corrected chi connectivity index (χ1v) is 13.6. The molecule has 0 aliphatic carbocycles. The average molecular weight is 477 g/mol. The minimum atomic E-state index is -3.51. The van der Waals surface area contributed by atoms with Crippen LogP contribution in [0.3, 0.4) is 0 Å². The van der Waals surface area contributed by atoms with Crippen molar-refractivity contribution >= 4 is 32.5 Å². The minimum Gasteiger partial charge on any atom is -0.274 e. The molecule has 3 aromatic carbocycles. The van der Waals surface area contributed by atoms with Gasteiger partial charge in [0.2, 0.25) is 9.84 Å². The van der Waals surface area contributed by atoms with E-state index in [1.54, 1.807) is 48.5 Å². The SMILES string of the molecule is O=C1c2ccccc2C(=O)N1CCCC/C=C/[S+]1c2ccccc2S(=O)(=O)c2ccccc21. The molecule has 0 bridgehead atoms. The van der Waals surface area contributed by atoms with E-state index in [0.29, 0.717) is 33.9 Å². The van der Waals surface area contributed by atoms with E-state index in [0.717, 1.165) is 22.6 Å². The lowest BCUT2D eigenvalue weighted by molar-refractivity contribution is 0.0652. The van der Waals surface area contributed by atoms with Gasteiger partial charge in [0.15, 0.2) is 9.79 Å². The molecule has 2 amide bonds. The second kappa shape index (κ2) is 8.65. The van der Waals surface area contributed by atoms with Crippen LogP contribution in [0.5, 0.6) is 0 Å². The van der Waals surface area contributed by atoms with E-state index in [1.165, 1.54) is 4.90 Å². The van der Waals surface area contributed by atoms with Crippen LogP contribution in [0, 0.1) is 0 Å². The lowest BCUT2D eigenvalue weighted by Crippen LogP contribution is -2.30. The number of hydrogen-bond donors (Lipinski definition) is 0. The maximum atomic E-state index is 13.0. The molecule has 0 unspecified atom stereocenters. The molecular weight excluding hydrogens is 454 g/mol. The van der Waals surface area contributed by atoms with Crippen LogP contribution >= 0.6 is 0 Å². The van der Waals surface area contributed by atoms with Gasteiger partial charge in [0, 0.05) is 6.54 Å². The highest BCUT2D eigenvalue weighted by Gasteiger charge is 2.42. The van der Waals surface area contributed by atoms with Crippen LogP contribution in [-0.2, 0) is 20.7 Å². The van der Waals surface area contributed by atoms with Crippen LogP contribution in [0.4, 0.5) is 0 Å². The first-order valence-electron chi connectivity index (χ1n) is 10.8. The van der Waals surface area contributed by atoms with Gasteiger partial charge in [-0.3, -0.25) is 14.5 Å². The Balaban J connectivity index is 1.25. The van der Waals surface area contributed by atoms with Crippen LogP contribution in [-0.4, -0.2) is 31.7 Å². The van der Waals surface area contributed by atoms with Gasteiger partial charge in [-0.1, -0.05) is 36.4 Å². The minimum absolute atomic E-state index is 0.218. The number of imide groups is 1. The third-order valence-corrected chi connectivity index (χ3v) is 10.1. The molecule has 0 fully saturated rings. The Kier molecular flexibility index (Phi) is 5.68. The lowest BCUT2D eigenvalue weighted by atomic mass is 10.1. The summed E-state index contributed by atoms with van der Waals surface area (Å²) in [5, 5.41) is 2.09. The van der Waals surface area contributed by atoms with Crippen LogP contribution in [0.25, 0.3) is 0 Å². The Morgan fingerprint density at radius 1 is 0.727 bits per heavy atom. The molecule has 5 rings (SSSR count). The van der Waals surface area contributed by atoms with Crippen LogP contribution in [0.2, 0.25) is 0 Å². The number of unbranched alkanes of at least 4 members (excludes halogenated alkanes) is 2. The number of sulfone groups is 1. The van der Waals surface area contributed by atoms with Crippen molar-refractivity contribution in [3.05, 3.63) is 95.4 Å². The van der Waals surface area contributed by atoms with E-state index in [9.17, 15) is 18.0 Å². The summed E-state index contributed by atoms with van der Waals surface area (Å²) in [5.74, 6) is -0.437. The molecule has 7 heteroatoms. The van der Waals surface area contributed by atoms with Crippen LogP contribution < -0.4 is 0 Å². The molecule has 2 aliphatic rings. The van der Waals surface area contributed by atoms with E-state index >= 15 is 0 Å². The number of amides is 2. The smallest absolute Gasteiger partial charge is 0.261 e. The molecule has 0 radical (unpaired) electrons. The number of fused-ring (bicyclic) bond motifs is 3. The van der Waals surface area contributed by atoms with E-state index in [2.05, 4.69) is 11.5 Å². The number of carbonyl (C=O) groups excluding carboxylic acids is 2. The van der Waals surface area contributed by atoms with Crippen LogP contribution in [0.1, 0.15) is 40.0 Å². The number of nitrogens with zero attached hydrogens (tertiary/aromatic N) is 1. The molecule has 0 aromatic heterocycles. The molecule has 5 nitrogen and oxygen atoms in total. The van der Waals surface area contributed by atoms with Crippen molar-refractivity contribution < 1.29 is 18.0 Å². The van der Waals surface area contributed by atoms with Crippen molar-refractivity contribution in [2.45, 2.75) is 38.8 Å². The van der Waals surface area contributed by atoms with Gasteiger partial charge in [-0.2, -0.15) is 0 Å². The Hall–Kier alpha value is -3.16. The van der Waals surface area contributed by atoms with Gasteiger partial charge in [0.05, 0.1) is 22.0 Å². The summed E-state index contributed by atoms with van der Waals surface area (Å²) in [5.41, 5.74) is 0.960. The normalized spacial score (nSPS) is 16.7. The fraction of sp³-hybridized carbons (Fsp3) is 0.154. The molecule has 3 aromatic rings. The molecule has 0 saturated heterocycles. The predicted molar refractivity (Wildman–Crippen MR) is 127 cm³/mol. The summed E-state index contributed by atoms with van der Waals surface area (Å²) >= 11 is 0. The summed E-state index contributed by atoms with van der Waals surface area (Å²) in [7, 11) is -3.98. The van der Waals surface area contributed by atoms with E-state index in [4.69, 9.17) is 0 Å². The zero-order chi connectivity index (χ0) is 23.0. The first-order chi connectivity index (χ1) is 16.0. The van der Waals surface area contributed by atoms with E-state index in [1.807, 2.05) is 24.3 Å². The Bertz CT molecular complexity index is 1310. The first kappa shape index (κ1) is 21.7. The summed E-state index contributed by atoms with van der Waals surface area (Å²) in [6.45, 7) is 0.399. The Morgan fingerprint density at radius 3 is 1.82 bits per heavy atom. The van der Waals surface area contributed by atoms with Crippen LogP contribution in [0.15, 0.2) is 104 Å². The summed E-state index contributed by atoms with van der Waals surface area (Å²) in [6, 6.07) is 21.3. The predicted octanol–water partition coefficient (Wildman–Crippen LogP) is 4.85. The van der Waals surface area contributed by atoms with Gasteiger partial charge in [-0.05, 0) is 61.7 Å². The van der Waals surface area contributed by atoms with Crippen molar-refractivity contribution in [3.8, 4) is 0 Å². The second-order valence-corrected chi connectivity index (χ2v) is 11.6. The van der Waals surface area contributed by atoms with Crippen molar-refractivity contribution in [1.29, 1.82) is 0 Å². The molecule has 33 heavy (non-hydrogen) atoms. The molecule has 0 spiro atoms. The largest absolute Gasteiger partial charge is 0.274 e. The average Bonchev–Trinajstić information content (AvgIpc) is 3.08. The van der Waals surface area contributed by atoms with Gasteiger partial charge in [0.1, 0.15) is 15.2 Å². The molecule has 0 saturated carbocycles. The second-order valence-electron chi connectivity index (χ2n) is 7.91. The number of benzene rings is 3. The van der Waals surface area contributed by atoms with E-state index < -0.39 is 20.7 Å². The lowest BCUT2D eigenvalue weighted by Gasteiger charge is -2.17. The van der Waals surface area contributed by atoms with Crippen molar-refractivity contribution in [2.24, 2.45) is 0 Å². The highest BCUT2D eigenvalue weighted by Crippen LogP contribution is 2.41. The van der Waals surface area contributed by atoms with Crippen molar-refractivity contribution in [1.82, 2.24) is 4.90 Å². The van der Waals surface area contributed by atoms with Crippen molar-refractivity contribution in [3.63, 3.8) is 0 Å². The zero-order valence-electron chi connectivity index (χ0n) is 17.8. The number of hydrogen-bond acceptors (Lipinski definition) is 4. The summed E-state index contributed by atoms with van der Waals surface area (Å²) < 4.78 is 26.1. The number of carbonyl (C=O) groups is 2. The third-order valence-electron chi connectivity index (χ3n) is 5.86. The fourth-order valence-corrected chi connectivity index (χ4v) is 8.72. The molecular formula is C26H22NO4S2+. The fourth-order valence-electron chi connectivity index (χ4n) is 4.23. The van der Waals surface area contributed by atoms with Gasteiger partial charge >= 0.3 is 0 Å². The Labute approximate surface area is 196 Å². The summed E-state index contributed by atoms with van der Waals surface area (Å²) in [6.07, 6.45) is 4.40. The van der Waals surface area contributed by atoms with Crippen molar-refractivity contribution in [2.75, 3.05) is 6.54 Å². The topological polar surface area (TPSA) is 71.5 Å². The van der Waals surface area contributed by atoms with Gasteiger partial charge in [-0.25, -0.2) is 8.42 Å². The highest BCUT2D eigenvalue weighted by molar-refractivity contribution is 8.02. The molecule has 2 aliphatic heterocycles. The monoisotopic (exact) mass is 476 g/mol. The number of allylic oxidation sites excluding steroid dienone is 1. The molecule has 166 valence electrons. The zero-order valence-corrected chi connectivity index (χ0v) is 19.4. The maximum Gasteiger partial charge on any atom is 0.261 e. The maximum absolute atomic E-state index is 13.0. The molecule has 0 atom stereocenters. The van der Waals surface area contributed by atoms with Gasteiger partial charge in [-0.15, -0.1) is 0 Å². The molecule has 0 N–H and O–H groups in total. The highest BCUT2D eigenvalue weighted by atomic mass is 32.2.